The highest BCUT2D eigenvalue weighted by Gasteiger charge is 2.43. The second kappa shape index (κ2) is 6.92. The van der Waals surface area contributed by atoms with Crippen molar-refractivity contribution in [2.45, 2.75) is 13.0 Å². The van der Waals surface area contributed by atoms with Gasteiger partial charge in [0.25, 0.3) is 5.91 Å². The Morgan fingerprint density at radius 2 is 1.80 bits per heavy atom. The number of hydrogen-bond acceptors (Lipinski definition) is 3. The number of nitrogens with zero attached hydrogens (tertiary/aromatic N) is 1. The van der Waals surface area contributed by atoms with Gasteiger partial charge in [0.05, 0.1) is 17.0 Å². The van der Waals surface area contributed by atoms with Crippen molar-refractivity contribution in [3.05, 3.63) is 110 Å². The van der Waals surface area contributed by atoms with Gasteiger partial charge in [0.1, 0.15) is 11.4 Å². The molecule has 0 fully saturated rings. The van der Waals surface area contributed by atoms with E-state index in [9.17, 15) is 14.0 Å². The van der Waals surface area contributed by atoms with Crippen LogP contribution in [0.3, 0.4) is 0 Å². The Labute approximate surface area is 179 Å². The molecule has 148 valence electrons. The van der Waals surface area contributed by atoms with Gasteiger partial charge < -0.3 is 4.42 Å². The van der Waals surface area contributed by atoms with E-state index in [0.29, 0.717) is 5.69 Å². The molecule has 3 aromatic carbocycles. The van der Waals surface area contributed by atoms with Crippen LogP contribution in [0.4, 0.5) is 10.1 Å². The van der Waals surface area contributed by atoms with Gasteiger partial charge in [0.2, 0.25) is 5.76 Å². The predicted octanol–water partition coefficient (Wildman–Crippen LogP) is 5.75. The quantitative estimate of drug-likeness (QED) is 0.380. The van der Waals surface area contributed by atoms with Gasteiger partial charge in [-0.2, -0.15) is 0 Å². The minimum atomic E-state index is -0.685. The van der Waals surface area contributed by atoms with Gasteiger partial charge in [-0.25, -0.2) is 4.39 Å². The number of carbonyl (C=O) groups excluding carboxylic acids is 1. The highest BCUT2D eigenvalue weighted by atomic mass is 79.9. The molecule has 1 atom stereocenters. The van der Waals surface area contributed by atoms with E-state index in [0.717, 1.165) is 21.7 Å². The van der Waals surface area contributed by atoms with Crippen molar-refractivity contribution in [2.24, 2.45) is 0 Å². The Morgan fingerprint density at radius 3 is 2.57 bits per heavy atom. The van der Waals surface area contributed by atoms with Gasteiger partial charge in [-0.3, -0.25) is 14.5 Å². The van der Waals surface area contributed by atoms with Crippen LogP contribution in [0.15, 0.2) is 80.4 Å². The van der Waals surface area contributed by atoms with Gasteiger partial charge in [-0.1, -0.05) is 40.2 Å². The number of halogens is 2. The first kappa shape index (κ1) is 18.8. The number of hydrogen-bond donors (Lipinski definition) is 0. The van der Waals surface area contributed by atoms with Crippen LogP contribution in [0.1, 0.15) is 33.3 Å². The average Bonchev–Trinajstić information content (AvgIpc) is 3.01. The standard InChI is InChI=1S/C24H15BrFNO3/c1-13-4-2-7-17(10-13)27-21(14-5-3-6-15(25)11-14)20-22(28)18-12-16(26)8-9-19(18)30-23(20)24(27)29/h2-12,21H,1H3. The van der Waals surface area contributed by atoms with E-state index in [1.807, 2.05) is 55.5 Å². The summed E-state index contributed by atoms with van der Waals surface area (Å²) in [6, 6.07) is 18.0. The normalized spacial score (nSPS) is 15.6. The first-order valence-corrected chi connectivity index (χ1v) is 10.2. The molecule has 1 aromatic heterocycles. The summed E-state index contributed by atoms with van der Waals surface area (Å²) in [5.41, 5.74) is 2.40. The number of benzene rings is 3. The molecule has 0 spiro atoms. The number of amides is 1. The summed E-state index contributed by atoms with van der Waals surface area (Å²) in [7, 11) is 0. The zero-order valence-electron chi connectivity index (χ0n) is 15.9. The molecule has 0 saturated heterocycles. The molecule has 1 aliphatic rings. The fourth-order valence-corrected chi connectivity index (χ4v) is 4.40. The zero-order chi connectivity index (χ0) is 21.0. The Bertz CT molecular complexity index is 1400. The van der Waals surface area contributed by atoms with Gasteiger partial charge >= 0.3 is 0 Å². The van der Waals surface area contributed by atoms with Crippen molar-refractivity contribution < 1.29 is 13.6 Å². The van der Waals surface area contributed by atoms with Crippen molar-refractivity contribution >= 4 is 38.5 Å². The lowest BCUT2D eigenvalue weighted by molar-refractivity contribution is 0.0971. The number of carbonyl (C=O) groups is 1. The monoisotopic (exact) mass is 463 g/mol. The molecule has 6 heteroatoms. The lowest BCUT2D eigenvalue weighted by Gasteiger charge is -2.25. The minimum Gasteiger partial charge on any atom is -0.450 e. The summed E-state index contributed by atoms with van der Waals surface area (Å²) in [4.78, 5) is 28.4. The summed E-state index contributed by atoms with van der Waals surface area (Å²) in [5, 5.41) is 0.118. The average molecular weight is 464 g/mol. The molecule has 0 saturated carbocycles. The molecule has 4 aromatic rings. The number of anilines is 1. The van der Waals surface area contributed by atoms with E-state index in [2.05, 4.69) is 15.9 Å². The van der Waals surface area contributed by atoms with Crippen LogP contribution in [0.25, 0.3) is 11.0 Å². The van der Waals surface area contributed by atoms with Crippen molar-refractivity contribution in [3.8, 4) is 0 Å². The van der Waals surface area contributed by atoms with Gasteiger partial charge in [0.15, 0.2) is 5.43 Å². The van der Waals surface area contributed by atoms with Crippen LogP contribution in [0, 0.1) is 12.7 Å². The Morgan fingerprint density at radius 1 is 1.00 bits per heavy atom. The summed E-state index contributed by atoms with van der Waals surface area (Å²) in [5.74, 6) is -0.942. The lowest BCUT2D eigenvalue weighted by atomic mass is 9.98. The molecular formula is C24H15BrFNO3. The third-order valence-corrected chi connectivity index (χ3v) is 5.77. The van der Waals surface area contributed by atoms with Crippen LogP contribution < -0.4 is 10.3 Å². The molecule has 1 aliphatic heterocycles. The predicted molar refractivity (Wildman–Crippen MR) is 116 cm³/mol. The largest absolute Gasteiger partial charge is 0.450 e. The van der Waals surface area contributed by atoms with E-state index >= 15 is 0 Å². The van der Waals surface area contributed by atoms with Crippen molar-refractivity contribution in [2.75, 3.05) is 4.90 Å². The fraction of sp³-hybridized carbons (Fsp3) is 0.0833. The first-order chi connectivity index (χ1) is 14.4. The van der Waals surface area contributed by atoms with Crippen LogP contribution >= 0.6 is 15.9 Å². The molecular weight excluding hydrogens is 449 g/mol. The van der Waals surface area contributed by atoms with E-state index in [1.165, 1.54) is 12.1 Å². The highest BCUT2D eigenvalue weighted by molar-refractivity contribution is 9.10. The van der Waals surface area contributed by atoms with Crippen LogP contribution in [-0.2, 0) is 0 Å². The number of rotatable bonds is 2. The number of fused-ring (bicyclic) bond motifs is 2. The van der Waals surface area contributed by atoms with Crippen LogP contribution in [-0.4, -0.2) is 5.91 Å². The summed E-state index contributed by atoms with van der Waals surface area (Å²) in [6.07, 6.45) is 0. The molecule has 2 heterocycles. The molecule has 30 heavy (non-hydrogen) atoms. The SMILES string of the molecule is Cc1cccc(N2C(=O)c3oc4ccc(F)cc4c(=O)c3C2c2cccc(Br)c2)c1. The molecule has 5 rings (SSSR count). The molecule has 1 unspecified atom stereocenters. The first-order valence-electron chi connectivity index (χ1n) is 9.36. The van der Waals surface area contributed by atoms with E-state index in [-0.39, 0.29) is 22.3 Å². The lowest BCUT2D eigenvalue weighted by Crippen LogP contribution is -2.29. The van der Waals surface area contributed by atoms with Crippen molar-refractivity contribution in [1.29, 1.82) is 0 Å². The maximum absolute atomic E-state index is 13.8. The van der Waals surface area contributed by atoms with Crippen molar-refractivity contribution in [3.63, 3.8) is 0 Å². The summed E-state index contributed by atoms with van der Waals surface area (Å²) < 4.78 is 20.5. The topological polar surface area (TPSA) is 50.5 Å². The van der Waals surface area contributed by atoms with Gasteiger partial charge in [-0.05, 0) is 60.5 Å². The van der Waals surface area contributed by atoms with Gasteiger partial charge in [-0.15, -0.1) is 0 Å². The molecule has 0 aliphatic carbocycles. The van der Waals surface area contributed by atoms with Gasteiger partial charge in [0, 0.05) is 10.2 Å². The minimum absolute atomic E-state index is 0.00871. The molecule has 4 nitrogen and oxygen atoms in total. The number of aryl methyl sites for hydroxylation is 1. The molecule has 0 radical (unpaired) electrons. The van der Waals surface area contributed by atoms with E-state index in [4.69, 9.17) is 4.42 Å². The fourth-order valence-electron chi connectivity index (χ4n) is 3.98. The Balaban J connectivity index is 1.84. The Hall–Kier alpha value is -3.25. The van der Waals surface area contributed by atoms with E-state index in [1.54, 1.807) is 4.90 Å². The molecule has 0 bridgehead atoms. The Kier molecular flexibility index (Phi) is 4.33. The molecule has 0 N–H and O–H groups in total. The smallest absolute Gasteiger partial charge is 0.295 e. The van der Waals surface area contributed by atoms with Crippen LogP contribution in [0.2, 0.25) is 0 Å². The third kappa shape index (κ3) is 2.87. The highest BCUT2D eigenvalue weighted by Crippen LogP contribution is 2.41. The second-order valence-corrected chi connectivity index (χ2v) is 8.20. The zero-order valence-corrected chi connectivity index (χ0v) is 17.4. The van der Waals surface area contributed by atoms with Crippen LogP contribution in [0.5, 0.6) is 0 Å². The maximum Gasteiger partial charge on any atom is 0.295 e. The summed E-state index contributed by atoms with van der Waals surface area (Å²) in [6.45, 7) is 1.94. The summed E-state index contributed by atoms with van der Waals surface area (Å²) >= 11 is 3.47. The third-order valence-electron chi connectivity index (χ3n) is 5.28. The molecule has 1 amide bonds. The second-order valence-electron chi connectivity index (χ2n) is 7.29. The van der Waals surface area contributed by atoms with Crippen molar-refractivity contribution in [1.82, 2.24) is 0 Å². The maximum atomic E-state index is 13.8. The van der Waals surface area contributed by atoms with E-state index < -0.39 is 23.2 Å².